The molecule has 0 saturated carbocycles. The third-order valence-electron chi connectivity index (χ3n) is 4.43. The first kappa shape index (κ1) is 16.2. The van der Waals surface area contributed by atoms with E-state index in [0.29, 0.717) is 6.54 Å². The van der Waals surface area contributed by atoms with Crippen LogP contribution in [0.15, 0.2) is 42.5 Å². The summed E-state index contributed by atoms with van der Waals surface area (Å²) in [6, 6.07) is 12.9. The molecule has 2 amide bonds. The maximum Gasteiger partial charge on any atom is 0.321 e. The number of para-hydroxylation sites is 1. The molecule has 126 valence electrons. The van der Waals surface area contributed by atoms with Gasteiger partial charge in [-0.1, -0.05) is 18.2 Å². The molecule has 0 saturated heterocycles. The number of carbonyl (C=O) groups is 1. The van der Waals surface area contributed by atoms with Gasteiger partial charge in [0.05, 0.1) is 6.54 Å². The molecular formula is C19H23N3O2. The number of amides is 2. The Bertz CT molecular complexity index is 745. The van der Waals surface area contributed by atoms with Crippen LogP contribution < -0.4 is 10.2 Å². The minimum atomic E-state index is -0.192. The number of phenolic OH excluding ortho intramolecular Hbond substituents is 1. The lowest BCUT2D eigenvalue weighted by Crippen LogP contribution is -2.31. The predicted octanol–water partition coefficient (Wildman–Crippen LogP) is 3.44. The van der Waals surface area contributed by atoms with Gasteiger partial charge >= 0.3 is 6.03 Å². The van der Waals surface area contributed by atoms with Gasteiger partial charge < -0.3 is 20.2 Å². The van der Waals surface area contributed by atoms with Crippen molar-refractivity contribution >= 4 is 17.4 Å². The van der Waals surface area contributed by atoms with Gasteiger partial charge in [0.1, 0.15) is 5.75 Å². The lowest BCUT2D eigenvalue weighted by molar-refractivity contribution is 0.220. The van der Waals surface area contributed by atoms with Crippen LogP contribution in [0.4, 0.5) is 16.2 Å². The summed E-state index contributed by atoms with van der Waals surface area (Å²) in [5.41, 5.74) is 4.03. The molecule has 2 aromatic rings. The van der Waals surface area contributed by atoms with Gasteiger partial charge in [-0.3, -0.25) is 0 Å². The van der Waals surface area contributed by atoms with Crippen molar-refractivity contribution in [2.24, 2.45) is 0 Å². The van der Waals surface area contributed by atoms with E-state index in [1.54, 1.807) is 24.1 Å². The number of benzene rings is 2. The smallest absolute Gasteiger partial charge is 0.321 e. The minimum Gasteiger partial charge on any atom is -0.508 e. The number of aromatic hydroxyl groups is 1. The van der Waals surface area contributed by atoms with Gasteiger partial charge in [-0.05, 0) is 42.7 Å². The molecule has 3 rings (SSSR count). The van der Waals surface area contributed by atoms with Crippen molar-refractivity contribution in [1.29, 1.82) is 0 Å². The van der Waals surface area contributed by atoms with Gasteiger partial charge in [0.15, 0.2) is 0 Å². The predicted molar refractivity (Wildman–Crippen MR) is 96.6 cm³/mol. The highest BCUT2D eigenvalue weighted by molar-refractivity contribution is 5.89. The first-order valence-corrected chi connectivity index (χ1v) is 8.17. The first-order chi connectivity index (χ1) is 11.5. The average molecular weight is 325 g/mol. The van der Waals surface area contributed by atoms with Crippen LogP contribution in [0.3, 0.4) is 0 Å². The molecule has 0 radical (unpaired) electrons. The zero-order valence-corrected chi connectivity index (χ0v) is 14.1. The van der Waals surface area contributed by atoms with Crippen molar-refractivity contribution in [1.82, 2.24) is 4.90 Å². The van der Waals surface area contributed by atoms with Crippen LogP contribution in [0.5, 0.6) is 5.75 Å². The number of hydrogen-bond acceptors (Lipinski definition) is 3. The van der Waals surface area contributed by atoms with Gasteiger partial charge in [-0.25, -0.2) is 4.79 Å². The summed E-state index contributed by atoms with van der Waals surface area (Å²) in [5, 5.41) is 12.8. The summed E-state index contributed by atoms with van der Waals surface area (Å²) in [6.07, 6.45) is 2.17. The topological polar surface area (TPSA) is 55.8 Å². The molecule has 1 heterocycles. The highest BCUT2D eigenvalue weighted by Gasteiger charge is 2.16. The number of phenols is 1. The van der Waals surface area contributed by atoms with Crippen molar-refractivity contribution in [3.8, 4) is 5.75 Å². The Labute approximate surface area is 142 Å². The van der Waals surface area contributed by atoms with Crippen molar-refractivity contribution in [3.63, 3.8) is 0 Å². The van der Waals surface area contributed by atoms with Crippen molar-refractivity contribution in [2.45, 2.75) is 19.4 Å². The normalized spacial score (nSPS) is 13.3. The van der Waals surface area contributed by atoms with E-state index in [-0.39, 0.29) is 11.8 Å². The number of carbonyl (C=O) groups excluding carboxylic acids is 1. The zero-order chi connectivity index (χ0) is 17.1. The van der Waals surface area contributed by atoms with E-state index in [0.717, 1.165) is 30.6 Å². The molecule has 0 atom stereocenters. The number of urea groups is 1. The highest BCUT2D eigenvalue weighted by atomic mass is 16.3. The molecule has 2 N–H and O–H groups in total. The van der Waals surface area contributed by atoms with E-state index in [1.807, 2.05) is 18.2 Å². The lowest BCUT2D eigenvalue weighted by Gasteiger charge is -2.28. The second kappa shape index (κ2) is 6.83. The molecule has 5 nitrogen and oxygen atoms in total. The Hall–Kier alpha value is -2.69. The van der Waals surface area contributed by atoms with Gasteiger partial charge in [0.2, 0.25) is 0 Å². The van der Waals surface area contributed by atoms with Crippen LogP contribution >= 0.6 is 0 Å². The molecule has 0 aliphatic carbocycles. The maximum atomic E-state index is 12.4. The summed E-state index contributed by atoms with van der Waals surface area (Å²) in [6.45, 7) is 1.42. The van der Waals surface area contributed by atoms with Crippen LogP contribution in [-0.4, -0.2) is 36.7 Å². The van der Waals surface area contributed by atoms with Crippen LogP contribution in [-0.2, 0) is 13.0 Å². The number of anilines is 2. The third kappa shape index (κ3) is 3.45. The quantitative estimate of drug-likeness (QED) is 0.909. The Morgan fingerprint density at radius 1 is 1.29 bits per heavy atom. The fraction of sp³-hybridized carbons (Fsp3) is 0.316. The van der Waals surface area contributed by atoms with E-state index >= 15 is 0 Å². The lowest BCUT2D eigenvalue weighted by atomic mass is 10.0. The van der Waals surface area contributed by atoms with E-state index in [1.165, 1.54) is 11.3 Å². The molecular weight excluding hydrogens is 302 g/mol. The van der Waals surface area contributed by atoms with E-state index in [9.17, 15) is 9.90 Å². The molecule has 0 aromatic heterocycles. The van der Waals surface area contributed by atoms with Gasteiger partial charge in [-0.15, -0.1) is 0 Å². The largest absolute Gasteiger partial charge is 0.508 e. The van der Waals surface area contributed by atoms with Crippen molar-refractivity contribution in [2.75, 3.05) is 30.9 Å². The monoisotopic (exact) mass is 325 g/mol. The summed E-state index contributed by atoms with van der Waals surface area (Å²) in [5.74, 6) is 0.203. The second-order valence-corrected chi connectivity index (χ2v) is 6.28. The molecule has 0 unspecified atom stereocenters. The zero-order valence-electron chi connectivity index (χ0n) is 14.1. The Morgan fingerprint density at radius 2 is 2.08 bits per heavy atom. The van der Waals surface area contributed by atoms with Crippen LogP contribution in [0.2, 0.25) is 0 Å². The Balaban J connectivity index is 1.67. The Morgan fingerprint density at radius 3 is 2.88 bits per heavy atom. The van der Waals surface area contributed by atoms with Gasteiger partial charge in [0, 0.05) is 37.6 Å². The number of hydrogen-bond donors (Lipinski definition) is 2. The number of rotatable bonds is 3. The number of nitrogens with zero attached hydrogens (tertiary/aromatic N) is 2. The molecule has 0 fully saturated rings. The number of aryl methyl sites for hydroxylation is 1. The number of fused-ring (bicyclic) bond motifs is 1. The molecule has 2 aromatic carbocycles. The standard InChI is InChI=1S/C19H23N3O2/c1-21-11-5-7-14-12-16(9-10-17(14)21)20-19(24)22(2)13-15-6-3-4-8-18(15)23/h3-4,6,8-10,12,23H,5,7,11,13H2,1-2H3,(H,20,24). The summed E-state index contributed by atoms with van der Waals surface area (Å²) in [4.78, 5) is 16.2. The summed E-state index contributed by atoms with van der Waals surface area (Å²) >= 11 is 0. The molecule has 5 heteroatoms. The van der Waals surface area contributed by atoms with E-state index in [4.69, 9.17) is 0 Å². The summed E-state index contributed by atoms with van der Waals surface area (Å²) in [7, 11) is 3.81. The average Bonchev–Trinajstić information content (AvgIpc) is 2.57. The maximum absolute atomic E-state index is 12.4. The van der Waals surface area contributed by atoms with E-state index < -0.39 is 0 Å². The van der Waals surface area contributed by atoms with Crippen LogP contribution in [0.1, 0.15) is 17.5 Å². The fourth-order valence-corrected chi connectivity index (χ4v) is 3.05. The highest BCUT2D eigenvalue weighted by Crippen LogP contribution is 2.28. The summed E-state index contributed by atoms with van der Waals surface area (Å²) < 4.78 is 0. The van der Waals surface area contributed by atoms with Crippen LogP contribution in [0.25, 0.3) is 0 Å². The minimum absolute atomic E-state index is 0.192. The fourth-order valence-electron chi connectivity index (χ4n) is 3.05. The molecule has 0 spiro atoms. The van der Waals surface area contributed by atoms with Crippen molar-refractivity contribution in [3.05, 3.63) is 53.6 Å². The second-order valence-electron chi connectivity index (χ2n) is 6.28. The molecule has 1 aliphatic heterocycles. The molecule has 0 bridgehead atoms. The van der Waals surface area contributed by atoms with E-state index in [2.05, 4.69) is 29.4 Å². The van der Waals surface area contributed by atoms with Crippen LogP contribution in [0, 0.1) is 0 Å². The molecule has 24 heavy (non-hydrogen) atoms. The molecule has 1 aliphatic rings. The van der Waals surface area contributed by atoms with Gasteiger partial charge in [0.25, 0.3) is 0 Å². The Kier molecular flexibility index (Phi) is 4.60. The van der Waals surface area contributed by atoms with Gasteiger partial charge in [-0.2, -0.15) is 0 Å². The first-order valence-electron chi connectivity index (χ1n) is 8.17. The third-order valence-corrected chi connectivity index (χ3v) is 4.43. The number of nitrogens with one attached hydrogen (secondary N) is 1. The van der Waals surface area contributed by atoms with Crippen molar-refractivity contribution < 1.29 is 9.90 Å². The SMILES string of the molecule is CN(Cc1ccccc1O)C(=O)Nc1ccc2c(c1)CCCN2C.